The maximum absolute atomic E-state index is 11.5. The number of benzene rings is 1. The Morgan fingerprint density at radius 2 is 2.05 bits per heavy atom. The molecule has 1 heterocycles. The number of rotatable bonds is 6. The zero-order valence-corrected chi connectivity index (χ0v) is 12.3. The fourth-order valence-electron chi connectivity index (χ4n) is 1.75. The minimum atomic E-state index is -0.294. The van der Waals surface area contributed by atoms with E-state index in [4.69, 9.17) is 19.9 Å². The Balaban J connectivity index is 2.15. The van der Waals surface area contributed by atoms with Crippen LogP contribution in [0.15, 0.2) is 36.5 Å². The van der Waals surface area contributed by atoms with Gasteiger partial charge >= 0.3 is 0 Å². The van der Waals surface area contributed by atoms with Gasteiger partial charge in [0.1, 0.15) is 18.2 Å². The lowest BCUT2D eigenvalue weighted by atomic mass is 10.3. The average Bonchev–Trinajstić information content (AvgIpc) is 2.49. The maximum Gasteiger partial charge on any atom is 0.251 e. The number of nitrogens with one attached hydrogen (secondary N) is 1. The molecule has 1 amide bonds. The highest BCUT2D eigenvalue weighted by atomic mass is 16.5. The number of pyridine rings is 1. The van der Waals surface area contributed by atoms with Gasteiger partial charge in [0.15, 0.2) is 11.5 Å². The predicted octanol–water partition coefficient (Wildman–Crippen LogP) is 2.05. The average molecular weight is 303 g/mol. The number of hydrogen-bond donors (Lipinski definition) is 2. The van der Waals surface area contributed by atoms with Gasteiger partial charge in [-0.3, -0.25) is 4.79 Å². The van der Waals surface area contributed by atoms with Crippen LogP contribution in [0, 0.1) is 0 Å². The van der Waals surface area contributed by atoms with Crippen molar-refractivity contribution in [3.8, 4) is 17.2 Å². The van der Waals surface area contributed by atoms with Crippen LogP contribution >= 0.6 is 0 Å². The van der Waals surface area contributed by atoms with Crippen LogP contribution in [0.25, 0.3) is 0 Å². The van der Waals surface area contributed by atoms with Crippen LogP contribution in [-0.4, -0.2) is 31.7 Å². The molecule has 1 aromatic carbocycles. The van der Waals surface area contributed by atoms with Gasteiger partial charge in [0.05, 0.1) is 7.11 Å². The maximum atomic E-state index is 11.5. The summed E-state index contributed by atoms with van der Waals surface area (Å²) in [5.41, 5.74) is 6.27. The molecule has 0 fully saturated rings. The van der Waals surface area contributed by atoms with Crippen LogP contribution in [-0.2, 0) is 9.53 Å². The van der Waals surface area contributed by atoms with Crippen LogP contribution in [0.4, 0.5) is 11.5 Å². The first-order valence-corrected chi connectivity index (χ1v) is 6.48. The number of nitrogens with two attached hydrogens (primary N) is 1. The van der Waals surface area contributed by atoms with E-state index in [9.17, 15) is 4.79 Å². The van der Waals surface area contributed by atoms with Crippen molar-refractivity contribution in [1.82, 2.24) is 4.98 Å². The molecule has 2 rings (SSSR count). The van der Waals surface area contributed by atoms with E-state index in [1.54, 1.807) is 30.3 Å². The summed E-state index contributed by atoms with van der Waals surface area (Å²) in [7, 11) is 2.98. The summed E-state index contributed by atoms with van der Waals surface area (Å²) in [6.07, 6.45) is 1.53. The Hall–Kier alpha value is -2.80. The summed E-state index contributed by atoms with van der Waals surface area (Å²) in [5.74, 6) is 1.61. The van der Waals surface area contributed by atoms with Gasteiger partial charge in [-0.05, 0) is 18.2 Å². The fraction of sp³-hybridized carbons (Fsp3) is 0.200. The standard InChI is InChI=1S/C15H17N3O4/c1-20-9-15(19)18-14-8-11(5-6-17-14)22-12-4-3-10(16)7-13(12)21-2/h3-8H,9,16H2,1-2H3,(H,17,18,19). The molecule has 0 saturated heterocycles. The van der Waals surface area contributed by atoms with Crippen molar-refractivity contribution in [3.63, 3.8) is 0 Å². The van der Waals surface area contributed by atoms with Crippen LogP contribution in [0.2, 0.25) is 0 Å². The van der Waals surface area contributed by atoms with Gasteiger partial charge in [0, 0.05) is 31.1 Å². The van der Waals surface area contributed by atoms with Gasteiger partial charge in [-0.25, -0.2) is 4.98 Å². The third-order valence-corrected chi connectivity index (χ3v) is 2.69. The first kappa shape index (κ1) is 15.6. The second-order valence-electron chi connectivity index (χ2n) is 4.37. The van der Waals surface area contributed by atoms with Crippen molar-refractivity contribution in [2.45, 2.75) is 0 Å². The molecule has 22 heavy (non-hydrogen) atoms. The topological polar surface area (TPSA) is 95.7 Å². The third kappa shape index (κ3) is 4.10. The first-order chi connectivity index (χ1) is 10.6. The highest BCUT2D eigenvalue weighted by Crippen LogP contribution is 2.33. The van der Waals surface area contributed by atoms with E-state index in [1.807, 2.05) is 0 Å². The molecule has 0 aliphatic heterocycles. The summed E-state index contributed by atoms with van der Waals surface area (Å²) >= 11 is 0. The van der Waals surface area contributed by atoms with Gasteiger partial charge in [0.25, 0.3) is 5.91 Å². The smallest absolute Gasteiger partial charge is 0.251 e. The molecule has 2 aromatic rings. The van der Waals surface area contributed by atoms with Gasteiger partial charge in [-0.1, -0.05) is 0 Å². The van der Waals surface area contributed by atoms with E-state index in [0.29, 0.717) is 28.8 Å². The van der Waals surface area contributed by atoms with E-state index < -0.39 is 0 Å². The number of aromatic nitrogens is 1. The Labute approximate surface area is 128 Å². The molecular formula is C15H17N3O4. The van der Waals surface area contributed by atoms with Gasteiger partial charge in [0.2, 0.25) is 0 Å². The molecule has 0 bridgehead atoms. The number of hydrogen-bond acceptors (Lipinski definition) is 6. The Bertz CT molecular complexity index is 661. The lowest BCUT2D eigenvalue weighted by Crippen LogP contribution is -2.17. The van der Waals surface area contributed by atoms with Crippen molar-refractivity contribution in [3.05, 3.63) is 36.5 Å². The van der Waals surface area contributed by atoms with Crippen molar-refractivity contribution >= 4 is 17.4 Å². The Kier molecular flexibility index (Phi) is 5.16. The van der Waals surface area contributed by atoms with Crippen molar-refractivity contribution in [1.29, 1.82) is 0 Å². The van der Waals surface area contributed by atoms with Gasteiger partial charge in [-0.2, -0.15) is 0 Å². The summed E-state index contributed by atoms with van der Waals surface area (Å²) in [5, 5.41) is 2.60. The molecule has 7 nitrogen and oxygen atoms in total. The van der Waals surface area contributed by atoms with Crippen LogP contribution in [0.1, 0.15) is 0 Å². The number of carbonyl (C=O) groups excluding carboxylic acids is 1. The number of anilines is 2. The molecule has 0 saturated carbocycles. The molecule has 116 valence electrons. The first-order valence-electron chi connectivity index (χ1n) is 6.48. The van der Waals surface area contributed by atoms with E-state index in [1.165, 1.54) is 20.4 Å². The van der Waals surface area contributed by atoms with E-state index in [0.717, 1.165) is 0 Å². The molecule has 0 atom stereocenters. The molecule has 0 unspecified atom stereocenters. The number of methoxy groups -OCH3 is 2. The summed E-state index contributed by atoms with van der Waals surface area (Å²) in [6, 6.07) is 8.35. The van der Waals surface area contributed by atoms with Crippen LogP contribution < -0.4 is 20.5 Å². The molecule has 3 N–H and O–H groups in total. The lowest BCUT2D eigenvalue weighted by Gasteiger charge is -2.11. The van der Waals surface area contributed by atoms with Gasteiger partial charge < -0.3 is 25.3 Å². The Morgan fingerprint density at radius 1 is 1.23 bits per heavy atom. The summed E-state index contributed by atoms with van der Waals surface area (Å²) in [6.45, 7) is -0.0431. The minimum Gasteiger partial charge on any atom is -0.493 e. The number of nitrogens with zero attached hydrogens (tertiary/aromatic N) is 1. The number of amides is 1. The van der Waals surface area contributed by atoms with Crippen molar-refractivity contribution in [2.75, 3.05) is 31.9 Å². The summed E-state index contributed by atoms with van der Waals surface area (Å²) < 4.78 is 15.7. The third-order valence-electron chi connectivity index (χ3n) is 2.69. The normalized spacial score (nSPS) is 10.1. The fourth-order valence-corrected chi connectivity index (χ4v) is 1.75. The summed E-state index contributed by atoms with van der Waals surface area (Å²) in [4.78, 5) is 15.5. The molecular weight excluding hydrogens is 286 g/mol. The molecule has 0 spiro atoms. The molecule has 0 aliphatic rings. The zero-order valence-electron chi connectivity index (χ0n) is 12.3. The van der Waals surface area contributed by atoms with Crippen LogP contribution in [0.3, 0.4) is 0 Å². The largest absolute Gasteiger partial charge is 0.493 e. The Morgan fingerprint density at radius 3 is 2.77 bits per heavy atom. The van der Waals surface area contributed by atoms with Crippen molar-refractivity contribution < 1.29 is 19.0 Å². The second-order valence-corrected chi connectivity index (χ2v) is 4.37. The van der Waals surface area contributed by atoms with Gasteiger partial charge in [-0.15, -0.1) is 0 Å². The quantitative estimate of drug-likeness (QED) is 0.793. The molecule has 0 aliphatic carbocycles. The van der Waals surface area contributed by atoms with E-state index in [2.05, 4.69) is 10.3 Å². The minimum absolute atomic E-state index is 0.0431. The lowest BCUT2D eigenvalue weighted by molar-refractivity contribution is -0.119. The molecule has 0 radical (unpaired) electrons. The number of nitrogen functional groups attached to an aromatic ring is 1. The number of ether oxygens (including phenoxy) is 3. The zero-order chi connectivity index (χ0) is 15.9. The van der Waals surface area contributed by atoms with Crippen molar-refractivity contribution in [2.24, 2.45) is 0 Å². The highest BCUT2D eigenvalue weighted by Gasteiger charge is 2.08. The molecule has 1 aromatic heterocycles. The SMILES string of the molecule is COCC(=O)Nc1cc(Oc2ccc(N)cc2OC)ccn1. The predicted molar refractivity (Wildman–Crippen MR) is 82.2 cm³/mol. The second kappa shape index (κ2) is 7.28. The van der Waals surface area contributed by atoms with E-state index in [-0.39, 0.29) is 12.5 Å². The van der Waals surface area contributed by atoms with E-state index >= 15 is 0 Å². The number of carbonyl (C=O) groups is 1. The molecule has 7 heteroatoms. The van der Waals surface area contributed by atoms with Crippen LogP contribution in [0.5, 0.6) is 17.2 Å². The highest BCUT2D eigenvalue weighted by molar-refractivity contribution is 5.90. The monoisotopic (exact) mass is 303 g/mol.